The van der Waals surface area contributed by atoms with E-state index in [4.69, 9.17) is 5.73 Å². The van der Waals surface area contributed by atoms with Crippen LogP contribution in [0.25, 0.3) is 0 Å². The van der Waals surface area contributed by atoms with Crippen LogP contribution in [0.1, 0.15) is 18.9 Å². The van der Waals surface area contributed by atoms with Crippen LogP contribution in [0.5, 0.6) is 0 Å². The van der Waals surface area contributed by atoms with Crippen LogP contribution in [0.4, 0.5) is 0 Å². The van der Waals surface area contributed by atoms with Crippen LogP contribution < -0.4 is 5.73 Å². The van der Waals surface area contributed by atoms with Gasteiger partial charge >= 0.3 is 0 Å². The summed E-state index contributed by atoms with van der Waals surface area (Å²) in [4.78, 5) is 0. The molecule has 1 aromatic rings. The molecule has 1 nitrogen and oxygen atoms in total. The summed E-state index contributed by atoms with van der Waals surface area (Å²) >= 11 is 0. The maximum atomic E-state index is 6.12. The molecule has 1 heteroatoms. The lowest BCUT2D eigenvalue weighted by Crippen LogP contribution is -2.27. The van der Waals surface area contributed by atoms with Crippen LogP contribution in [0.15, 0.2) is 30.3 Å². The summed E-state index contributed by atoms with van der Waals surface area (Å²) < 4.78 is 0. The summed E-state index contributed by atoms with van der Waals surface area (Å²) in [6.07, 6.45) is 2.22. The average molecular weight is 161 g/mol. The largest absolute Gasteiger partial charge is 0.325 e. The van der Waals surface area contributed by atoms with Crippen LogP contribution in [0.2, 0.25) is 0 Å². The van der Waals surface area contributed by atoms with Gasteiger partial charge in [-0.15, -0.1) is 0 Å². The van der Waals surface area contributed by atoms with Gasteiger partial charge in [0, 0.05) is 5.54 Å². The highest BCUT2D eigenvalue weighted by Crippen LogP contribution is 2.42. The van der Waals surface area contributed by atoms with Crippen molar-refractivity contribution < 1.29 is 0 Å². The fourth-order valence-electron chi connectivity index (χ4n) is 1.73. The summed E-state index contributed by atoms with van der Waals surface area (Å²) in [7, 11) is 0. The molecule has 0 heterocycles. The highest BCUT2D eigenvalue weighted by Gasteiger charge is 2.46. The Morgan fingerprint density at radius 3 is 2.50 bits per heavy atom. The number of nitrogens with two attached hydrogens (primary N) is 1. The second kappa shape index (κ2) is 2.60. The molecular weight excluding hydrogens is 146 g/mol. The van der Waals surface area contributed by atoms with Crippen molar-refractivity contribution in [2.24, 2.45) is 11.7 Å². The van der Waals surface area contributed by atoms with E-state index in [1.807, 2.05) is 6.07 Å². The van der Waals surface area contributed by atoms with Gasteiger partial charge in [0.15, 0.2) is 0 Å². The van der Waals surface area contributed by atoms with E-state index in [9.17, 15) is 0 Å². The monoisotopic (exact) mass is 161 g/mol. The molecule has 0 aromatic heterocycles. The quantitative estimate of drug-likeness (QED) is 0.705. The standard InChI is InChI=1S/C11H15N/c1-9-7-11(9,12)8-10-5-3-2-4-6-10/h2-6,9H,7-8,12H2,1H3/t9-,11-/m0/s1. The maximum Gasteiger partial charge on any atom is 0.0224 e. The lowest BCUT2D eigenvalue weighted by atomic mass is 10.0. The minimum absolute atomic E-state index is 0.112. The first-order valence-corrected chi connectivity index (χ1v) is 4.53. The van der Waals surface area contributed by atoms with Gasteiger partial charge in [-0.3, -0.25) is 0 Å². The second-order valence-corrected chi connectivity index (χ2v) is 4.00. The first kappa shape index (κ1) is 7.81. The highest BCUT2D eigenvalue weighted by atomic mass is 14.8. The molecule has 0 bridgehead atoms. The molecule has 0 saturated heterocycles. The van der Waals surface area contributed by atoms with Crippen molar-refractivity contribution in [3.63, 3.8) is 0 Å². The maximum absolute atomic E-state index is 6.12. The van der Waals surface area contributed by atoms with E-state index in [1.54, 1.807) is 0 Å². The molecule has 64 valence electrons. The Balaban J connectivity index is 2.06. The van der Waals surface area contributed by atoms with Crippen molar-refractivity contribution in [3.8, 4) is 0 Å². The summed E-state index contributed by atoms with van der Waals surface area (Å²) in [6, 6.07) is 10.5. The van der Waals surface area contributed by atoms with Gasteiger partial charge < -0.3 is 5.73 Å². The van der Waals surface area contributed by atoms with Gasteiger partial charge in [-0.1, -0.05) is 37.3 Å². The Morgan fingerprint density at radius 1 is 1.42 bits per heavy atom. The van der Waals surface area contributed by atoms with Crippen LogP contribution in [-0.2, 0) is 6.42 Å². The molecule has 0 amide bonds. The Hall–Kier alpha value is -0.820. The van der Waals surface area contributed by atoms with Gasteiger partial charge in [-0.25, -0.2) is 0 Å². The Kier molecular flexibility index (Phi) is 1.69. The molecule has 0 radical (unpaired) electrons. The third kappa shape index (κ3) is 1.37. The van der Waals surface area contributed by atoms with Crippen LogP contribution in [0.3, 0.4) is 0 Å². The predicted molar refractivity (Wildman–Crippen MR) is 50.8 cm³/mol. The smallest absolute Gasteiger partial charge is 0.0224 e. The molecule has 2 atom stereocenters. The van der Waals surface area contributed by atoms with E-state index in [1.165, 1.54) is 12.0 Å². The number of rotatable bonds is 2. The third-order valence-corrected chi connectivity index (χ3v) is 2.88. The molecule has 1 aliphatic carbocycles. The van der Waals surface area contributed by atoms with E-state index < -0.39 is 0 Å². The molecule has 2 rings (SSSR count). The van der Waals surface area contributed by atoms with Crippen LogP contribution >= 0.6 is 0 Å². The first-order chi connectivity index (χ1) is 5.71. The zero-order valence-corrected chi connectivity index (χ0v) is 7.46. The summed E-state index contributed by atoms with van der Waals surface area (Å²) in [5.41, 5.74) is 7.60. The van der Waals surface area contributed by atoms with E-state index in [0.29, 0.717) is 5.92 Å². The lowest BCUT2D eigenvalue weighted by Gasteiger charge is -2.09. The van der Waals surface area contributed by atoms with Crippen molar-refractivity contribution in [1.82, 2.24) is 0 Å². The third-order valence-electron chi connectivity index (χ3n) is 2.88. The SMILES string of the molecule is C[C@H]1C[C@]1(N)Cc1ccccc1. The van der Waals surface area contributed by atoms with Crippen molar-refractivity contribution in [2.45, 2.75) is 25.3 Å². The van der Waals surface area contributed by atoms with Gasteiger partial charge in [0.05, 0.1) is 0 Å². The Bertz CT molecular complexity index is 268. The predicted octanol–water partition coefficient (Wildman–Crippen LogP) is 1.97. The normalized spacial score (nSPS) is 33.3. The second-order valence-electron chi connectivity index (χ2n) is 4.00. The van der Waals surface area contributed by atoms with Crippen LogP contribution in [0, 0.1) is 5.92 Å². The summed E-state index contributed by atoms with van der Waals surface area (Å²) in [5.74, 6) is 0.706. The average Bonchev–Trinajstić information content (AvgIpc) is 2.61. The van der Waals surface area contributed by atoms with E-state index in [0.717, 1.165) is 6.42 Å². The van der Waals surface area contributed by atoms with Gasteiger partial charge in [0.25, 0.3) is 0 Å². The molecule has 2 N–H and O–H groups in total. The molecule has 12 heavy (non-hydrogen) atoms. The van der Waals surface area contributed by atoms with Gasteiger partial charge in [0.1, 0.15) is 0 Å². The van der Waals surface area contributed by atoms with Gasteiger partial charge in [0.2, 0.25) is 0 Å². The molecule has 1 aromatic carbocycles. The minimum atomic E-state index is 0.112. The molecule has 0 aliphatic heterocycles. The topological polar surface area (TPSA) is 26.0 Å². The zero-order chi connectivity index (χ0) is 8.60. The summed E-state index contributed by atoms with van der Waals surface area (Å²) in [6.45, 7) is 2.23. The summed E-state index contributed by atoms with van der Waals surface area (Å²) in [5, 5.41) is 0. The lowest BCUT2D eigenvalue weighted by molar-refractivity contribution is 0.615. The van der Waals surface area contributed by atoms with Crippen molar-refractivity contribution in [1.29, 1.82) is 0 Å². The minimum Gasteiger partial charge on any atom is -0.325 e. The highest BCUT2D eigenvalue weighted by molar-refractivity contribution is 5.21. The molecule has 0 spiro atoms. The van der Waals surface area contributed by atoms with Gasteiger partial charge in [-0.05, 0) is 24.3 Å². The molecular formula is C11H15N. The molecule has 0 unspecified atom stereocenters. The van der Waals surface area contributed by atoms with E-state index in [-0.39, 0.29) is 5.54 Å². The van der Waals surface area contributed by atoms with Crippen LogP contribution in [-0.4, -0.2) is 5.54 Å². The van der Waals surface area contributed by atoms with Crippen molar-refractivity contribution in [2.75, 3.05) is 0 Å². The first-order valence-electron chi connectivity index (χ1n) is 4.53. The Morgan fingerprint density at radius 2 is 2.00 bits per heavy atom. The number of hydrogen-bond donors (Lipinski definition) is 1. The number of hydrogen-bond acceptors (Lipinski definition) is 1. The molecule has 1 fully saturated rings. The molecule has 1 aliphatic rings. The fourth-order valence-corrected chi connectivity index (χ4v) is 1.73. The zero-order valence-electron chi connectivity index (χ0n) is 7.46. The Labute approximate surface area is 73.6 Å². The van der Waals surface area contributed by atoms with Gasteiger partial charge in [-0.2, -0.15) is 0 Å². The van der Waals surface area contributed by atoms with Crippen molar-refractivity contribution in [3.05, 3.63) is 35.9 Å². The molecule has 1 saturated carbocycles. The fraction of sp³-hybridized carbons (Fsp3) is 0.455. The van der Waals surface area contributed by atoms with Crippen molar-refractivity contribution >= 4 is 0 Å². The number of benzene rings is 1. The van der Waals surface area contributed by atoms with E-state index >= 15 is 0 Å². The van der Waals surface area contributed by atoms with E-state index in [2.05, 4.69) is 31.2 Å².